The van der Waals surface area contributed by atoms with E-state index >= 15 is 0 Å². The van der Waals surface area contributed by atoms with Gasteiger partial charge in [0.15, 0.2) is 0 Å². The maximum atomic E-state index is 11.4. The highest BCUT2D eigenvalue weighted by atomic mass is 16.1. The van der Waals surface area contributed by atoms with Crippen molar-refractivity contribution in [1.82, 2.24) is 9.55 Å². The first-order valence-electron chi connectivity index (χ1n) is 7.34. The van der Waals surface area contributed by atoms with Crippen molar-refractivity contribution in [3.05, 3.63) is 30.9 Å². The van der Waals surface area contributed by atoms with Gasteiger partial charge in [0.2, 0.25) is 11.9 Å². The lowest BCUT2D eigenvalue weighted by molar-refractivity contribution is -0.111. The number of fused-ring (bicyclic) bond motifs is 1. The first kappa shape index (κ1) is 13.7. The Morgan fingerprint density at radius 2 is 2.10 bits per heavy atom. The number of carbonyl (C=O) groups excluding carboxylic acids is 1. The van der Waals surface area contributed by atoms with Crippen molar-refractivity contribution in [3.8, 4) is 0 Å². The van der Waals surface area contributed by atoms with Crippen LogP contribution in [0.5, 0.6) is 0 Å². The quantitative estimate of drug-likeness (QED) is 0.882. The number of aryl methyl sites for hydroxylation is 1. The summed E-state index contributed by atoms with van der Waals surface area (Å²) >= 11 is 0. The third-order valence-corrected chi connectivity index (χ3v) is 3.95. The van der Waals surface area contributed by atoms with Gasteiger partial charge in [0.25, 0.3) is 0 Å². The fraction of sp³-hybridized carbons (Fsp3) is 0.375. The van der Waals surface area contributed by atoms with Crippen LogP contribution in [-0.2, 0) is 11.8 Å². The predicted molar refractivity (Wildman–Crippen MR) is 85.6 cm³/mol. The van der Waals surface area contributed by atoms with Gasteiger partial charge >= 0.3 is 0 Å². The van der Waals surface area contributed by atoms with Gasteiger partial charge in [0, 0.05) is 25.8 Å². The number of imidazole rings is 1. The summed E-state index contributed by atoms with van der Waals surface area (Å²) in [6, 6.07) is 5.80. The van der Waals surface area contributed by atoms with E-state index in [2.05, 4.69) is 21.4 Å². The van der Waals surface area contributed by atoms with E-state index in [1.807, 2.05) is 25.2 Å². The summed E-state index contributed by atoms with van der Waals surface area (Å²) in [4.78, 5) is 18.5. The molecule has 110 valence electrons. The van der Waals surface area contributed by atoms with Gasteiger partial charge in [-0.15, -0.1) is 0 Å². The number of amides is 1. The summed E-state index contributed by atoms with van der Waals surface area (Å²) in [5.74, 6) is 0.804. The molecule has 0 spiro atoms. The summed E-state index contributed by atoms with van der Waals surface area (Å²) in [7, 11) is 2.04. The van der Waals surface area contributed by atoms with Crippen LogP contribution >= 0.6 is 0 Å². The number of carbonyl (C=O) groups is 1. The van der Waals surface area contributed by atoms with E-state index in [4.69, 9.17) is 4.98 Å². The Morgan fingerprint density at radius 3 is 2.81 bits per heavy atom. The third-order valence-electron chi connectivity index (χ3n) is 3.95. The van der Waals surface area contributed by atoms with Crippen molar-refractivity contribution in [2.45, 2.75) is 19.3 Å². The average molecular weight is 284 g/mol. The highest BCUT2D eigenvalue weighted by Gasteiger charge is 2.17. The molecule has 1 fully saturated rings. The summed E-state index contributed by atoms with van der Waals surface area (Å²) < 4.78 is 2.12. The van der Waals surface area contributed by atoms with Crippen molar-refractivity contribution >= 4 is 28.6 Å². The van der Waals surface area contributed by atoms with Crippen LogP contribution in [0.25, 0.3) is 11.0 Å². The van der Waals surface area contributed by atoms with E-state index in [0.717, 1.165) is 35.8 Å². The van der Waals surface area contributed by atoms with Crippen molar-refractivity contribution < 1.29 is 4.79 Å². The Bertz CT molecular complexity index is 683. The van der Waals surface area contributed by atoms with Gasteiger partial charge in [-0.25, -0.2) is 4.98 Å². The molecule has 0 radical (unpaired) electrons. The number of anilines is 2. The van der Waals surface area contributed by atoms with E-state index < -0.39 is 0 Å². The molecular formula is C16H20N4O. The third kappa shape index (κ3) is 2.63. The second-order valence-corrected chi connectivity index (χ2v) is 5.42. The molecule has 21 heavy (non-hydrogen) atoms. The predicted octanol–water partition coefficient (Wildman–Crippen LogP) is 2.69. The lowest BCUT2D eigenvalue weighted by Crippen LogP contribution is -2.31. The Kier molecular flexibility index (Phi) is 3.64. The zero-order valence-corrected chi connectivity index (χ0v) is 12.3. The molecular weight excluding hydrogens is 264 g/mol. The molecule has 1 aromatic carbocycles. The van der Waals surface area contributed by atoms with Crippen molar-refractivity contribution in [3.63, 3.8) is 0 Å². The van der Waals surface area contributed by atoms with E-state index in [0.29, 0.717) is 0 Å². The summed E-state index contributed by atoms with van der Waals surface area (Å²) in [6.45, 7) is 5.59. The summed E-state index contributed by atoms with van der Waals surface area (Å²) in [6.07, 6.45) is 5.02. The largest absolute Gasteiger partial charge is 0.342 e. The van der Waals surface area contributed by atoms with Gasteiger partial charge < -0.3 is 14.8 Å². The van der Waals surface area contributed by atoms with Crippen molar-refractivity contribution in [1.29, 1.82) is 0 Å². The van der Waals surface area contributed by atoms with E-state index in [-0.39, 0.29) is 5.91 Å². The Balaban J connectivity index is 1.94. The second-order valence-electron chi connectivity index (χ2n) is 5.42. The molecule has 5 heteroatoms. The molecule has 0 bridgehead atoms. The van der Waals surface area contributed by atoms with Crippen LogP contribution < -0.4 is 10.2 Å². The molecule has 0 aliphatic carbocycles. The van der Waals surface area contributed by atoms with E-state index in [1.54, 1.807) is 0 Å². The highest BCUT2D eigenvalue weighted by molar-refractivity contribution is 6.00. The minimum Gasteiger partial charge on any atom is -0.342 e. The van der Waals surface area contributed by atoms with Gasteiger partial charge in [-0.1, -0.05) is 6.58 Å². The molecule has 1 saturated heterocycles. The van der Waals surface area contributed by atoms with Crippen LogP contribution in [0.3, 0.4) is 0 Å². The molecule has 1 N–H and O–H groups in total. The standard InChI is InChI=1S/C16H20N4O/c1-3-15(21)17-12-7-8-14-13(11-12)18-16(19(14)2)20-9-5-4-6-10-20/h3,7-8,11H,1,4-6,9-10H2,2H3,(H,17,21). The number of nitrogens with one attached hydrogen (secondary N) is 1. The molecule has 5 nitrogen and oxygen atoms in total. The van der Waals surface area contributed by atoms with Crippen LogP contribution in [0, 0.1) is 0 Å². The fourth-order valence-corrected chi connectivity index (χ4v) is 2.83. The van der Waals surface area contributed by atoms with Crippen LogP contribution in [0.4, 0.5) is 11.6 Å². The molecule has 1 aliphatic heterocycles. The number of hydrogen-bond donors (Lipinski definition) is 1. The minimum atomic E-state index is -0.207. The number of hydrogen-bond acceptors (Lipinski definition) is 3. The number of rotatable bonds is 3. The molecule has 2 heterocycles. The second kappa shape index (κ2) is 5.60. The first-order chi connectivity index (χ1) is 10.2. The maximum Gasteiger partial charge on any atom is 0.247 e. The maximum absolute atomic E-state index is 11.4. The van der Waals surface area contributed by atoms with Gasteiger partial charge in [-0.05, 0) is 43.5 Å². The zero-order valence-electron chi connectivity index (χ0n) is 12.3. The number of aromatic nitrogens is 2. The molecule has 1 amide bonds. The van der Waals surface area contributed by atoms with Gasteiger partial charge in [-0.3, -0.25) is 4.79 Å². The van der Waals surface area contributed by atoms with E-state index in [1.165, 1.54) is 25.3 Å². The Morgan fingerprint density at radius 1 is 1.33 bits per heavy atom. The van der Waals surface area contributed by atoms with Crippen molar-refractivity contribution in [2.75, 3.05) is 23.3 Å². The molecule has 3 rings (SSSR count). The van der Waals surface area contributed by atoms with Crippen LogP contribution in [0.1, 0.15) is 19.3 Å². The lowest BCUT2D eigenvalue weighted by Gasteiger charge is -2.27. The summed E-state index contributed by atoms with van der Waals surface area (Å²) in [5, 5.41) is 2.77. The van der Waals surface area contributed by atoms with Crippen molar-refractivity contribution in [2.24, 2.45) is 7.05 Å². The molecule has 0 unspecified atom stereocenters. The Labute approximate surface area is 124 Å². The van der Waals surface area contributed by atoms with E-state index in [9.17, 15) is 4.79 Å². The first-order valence-corrected chi connectivity index (χ1v) is 7.34. The average Bonchev–Trinajstić information content (AvgIpc) is 2.84. The van der Waals surface area contributed by atoms with Crippen LogP contribution in [0.15, 0.2) is 30.9 Å². The molecule has 2 aromatic rings. The summed E-state index contributed by atoms with van der Waals surface area (Å²) in [5.41, 5.74) is 2.72. The van der Waals surface area contributed by atoms with Gasteiger partial charge in [0.1, 0.15) is 0 Å². The number of nitrogens with zero attached hydrogens (tertiary/aromatic N) is 3. The smallest absolute Gasteiger partial charge is 0.247 e. The van der Waals surface area contributed by atoms with Crippen LogP contribution in [-0.4, -0.2) is 28.5 Å². The van der Waals surface area contributed by atoms with Gasteiger partial charge in [-0.2, -0.15) is 0 Å². The Hall–Kier alpha value is -2.30. The monoisotopic (exact) mass is 284 g/mol. The topological polar surface area (TPSA) is 50.2 Å². The molecule has 0 saturated carbocycles. The SMILES string of the molecule is C=CC(=O)Nc1ccc2c(c1)nc(N1CCCCC1)n2C. The minimum absolute atomic E-state index is 0.207. The number of piperidine rings is 1. The zero-order chi connectivity index (χ0) is 14.8. The van der Waals surface area contributed by atoms with Crippen LogP contribution in [0.2, 0.25) is 0 Å². The highest BCUT2D eigenvalue weighted by Crippen LogP contribution is 2.26. The lowest BCUT2D eigenvalue weighted by atomic mass is 10.1. The molecule has 1 aromatic heterocycles. The molecule has 1 aliphatic rings. The van der Waals surface area contributed by atoms with Gasteiger partial charge in [0.05, 0.1) is 11.0 Å². The molecule has 0 atom stereocenters. The fourth-order valence-electron chi connectivity index (χ4n) is 2.83. The number of benzene rings is 1. The normalized spacial score (nSPS) is 15.2.